The zero-order valence-corrected chi connectivity index (χ0v) is 30.2. The van der Waals surface area contributed by atoms with E-state index in [2.05, 4.69) is 234 Å². The van der Waals surface area contributed by atoms with Crippen LogP contribution in [0.15, 0.2) is 224 Å². The molecule has 0 atom stereocenters. The van der Waals surface area contributed by atoms with Crippen molar-refractivity contribution in [2.24, 2.45) is 0 Å². The van der Waals surface area contributed by atoms with Crippen molar-refractivity contribution in [3.63, 3.8) is 0 Å². The van der Waals surface area contributed by atoms with Crippen molar-refractivity contribution in [3.8, 4) is 39.6 Å². The number of nitrogens with zero attached hydrogens (tertiary/aromatic N) is 3. The van der Waals surface area contributed by atoms with E-state index < -0.39 is 5.41 Å². The molecular formula is C52H37N3. The summed E-state index contributed by atoms with van der Waals surface area (Å²) in [4.78, 5) is 7.88. The molecule has 0 saturated carbocycles. The summed E-state index contributed by atoms with van der Waals surface area (Å²) in [7, 11) is 0. The summed E-state index contributed by atoms with van der Waals surface area (Å²) in [5, 5.41) is 0. The Labute approximate surface area is 322 Å². The van der Waals surface area contributed by atoms with Gasteiger partial charge in [0.2, 0.25) is 0 Å². The molecule has 10 rings (SSSR count). The minimum atomic E-state index is -0.506. The Hall–Kier alpha value is -7.23. The van der Waals surface area contributed by atoms with Crippen molar-refractivity contribution < 1.29 is 0 Å². The molecule has 0 saturated heterocycles. The van der Waals surface area contributed by atoms with Gasteiger partial charge in [-0.3, -0.25) is 4.57 Å². The molecule has 260 valence electrons. The molecule has 9 aromatic rings. The Bertz CT molecular complexity index is 2630. The Morgan fingerprint density at radius 3 is 1.31 bits per heavy atom. The van der Waals surface area contributed by atoms with Crippen LogP contribution in [0.5, 0.6) is 0 Å². The van der Waals surface area contributed by atoms with Crippen LogP contribution in [-0.2, 0) is 5.41 Å². The van der Waals surface area contributed by atoms with Crippen LogP contribution in [0.25, 0.3) is 39.6 Å². The van der Waals surface area contributed by atoms with Crippen molar-refractivity contribution in [1.29, 1.82) is 0 Å². The first-order chi connectivity index (χ1) is 27.3. The zero-order valence-electron chi connectivity index (χ0n) is 30.2. The highest BCUT2D eigenvalue weighted by atomic mass is 15.2. The van der Waals surface area contributed by atoms with Crippen molar-refractivity contribution in [2.45, 2.75) is 5.41 Å². The molecule has 55 heavy (non-hydrogen) atoms. The number of para-hydroxylation sites is 3. The number of benzene rings is 8. The van der Waals surface area contributed by atoms with E-state index in [1.807, 2.05) is 0 Å². The van der Waals surface area contributed by atoms with E-state index in [1.54, 1.807) is 0 Å². The lowest BCUT2D eigenvalue weighted by Gasteiger charge is -2.46. The molecule has 1 aromatic heterocycles. The molecule has 0 aliphatic carbocycles. The number of hydrogen-bond donors (Lipinski definition) is 0. The summed E-state index contributed by atoms with van der Waals surface area (Å²) in [5.41, 5.74) is 14.2. The Balaban J connectivity index is 1.17. The molecule has 0 N–H and O–H groups in total. The molecule has 3 heteroatoms. The highest BCUT2D eigenvalue weighted by Gasteiger charge is 2.46. The lowest BCUT2D eigenvalue weighted by Crippen LogP contribution is -2.37. The van der Waals surface area contributed by atoms with Crippen LogP contribution < -0.4 is 4.90 Å². The van der Waals surface area contributed by atoms with Crippen molar-refractivity contribution in [2.75, 3.05) is 4.90 Å². The Morgan fingerprint density at radius 1 is 0.345 bits per heavy atom. The van der Waals surface area contributed by atoms with Gasteiger partial charge >= 0.3 is 0 Å². The van der Waals surface area contributed by atoms with Gasteiger partial charge in [-0.25, -0.2) is 4.98 Å². The fourth-order valence-corrected chi connectivity index (χ4v) is 8.55. The van der Waals surface area contributed by atoms with E-state index in [0.29, 0.717) is 0 Å². The maximum Gasteiger partial charge on any atom is 0.145 e. The fraction of sp³-hybridized carbons (Fsp3) is 0.0192. The van der Waals surface area contributed by atoms with E-state index >= 15 is 0 Å². The van der Waals surface area contributed by atoms with Gasteiger partial charge in [0, 0.05) is 28.1 Å². The van der Waals surface area contributed by atoms with Gasteiger partial charge in [0.1, 0.15) is 5.82 Å². The van der Waals surface area contributed by atoms with E-state index in [-0.39, 0.29) is 0 Å². The second-order valence-corrected chi connectivity index (χ2v) is 13.9. The van der Waals surface area contributed by atoms with Crippen LogP contribution in [0.3, 0.4) is 0 Å². The number of aromatic nitrogens is 2. The largest absolute Gasteiger partial charge is 0.310 e. The predicted octanol–water partition coefficient (Wildman–Crippen LogP) is 13.0. The van der Waals surface area contributed by atoms with Crippen molar-refractivity contribution in [1.82, 2.24) is 9.55 Å². The van der Waals surface area contributed by atoms with Crippen LogP contribution in [0.2, 0.25) is 0 Å². The van der Waals surface area contributed by atoms with E-state index in [0.717, 1.165) is 56.7 Å². The van der Waals surface area contributed by atoms with Crippen LogP contribution in [0.1, 0.15) is 22.3 Å². The molecule has 0 radical (unpaired) electrons. The molecule has 0 bridgehead atoms. The Kier molecular flexibility index (Phi) is 8.04. The first-order valence-electron chi connectivity index (χ1n) is 18.8. The minimum absolute atomic E-state index is 0.506. The second kappa shape index (κ2) is 13.6. The monoisotopic (exact) mass is 703 g/mol. The van der Waals surface area contributed by atoms with Gasteiger partial charge in [-0.1, -0.05) is 176 Å². The van der Waals surface area contributed by atoms with Gasteiger partial charge in [-0.05, 0) is 70.8 Å². The van der Waals surface area contributed by atoms with Crippen LogP contribution in [0, 0.1) is 0 Å². The van der Waals surface area contributed by atoms with Crippen LogP contribution in [-0.4, -0.2) is 9.55 Å². The summed E-state index contributed by atoms with van der Waals surface area (Å²) in [6.07, 6.45) is 0. The topological polar surface area (TPSA) is 21.1 Å². The van der Waals surface area contributed by atoms with E-state index in [4.69, 9.17) is 4.98 Å². The van der Waals surface area contributed by atoms with Gasteiger partial charge in [0.05, 0.1) is 28.2 Å². The number of fused-ring (bicyclic) bond motifs is 2. The van der Waals surface area contributed by atoms with Crippen molar-refractivity contribution in [3.05, 3.63) is 247 Å². The maximum absolute atomic E-state index is 5.45. The first-order valence-corrected chi connectivity index (χ1v) is 18.8. The average Bonchev–Trinajstić information content (AvgIpc) is 3.68. The normalized spacial score (nSPS) is 12.8. The third-order valence-electron chi connectivity index (χ3n) is 10.9. The number of anilines is 3. The van der Waals surface area contributed by atoms with Crippen molar-refractivity contribution >= 4 is 17.1 Å². The van der Waals surface area contributed by atoms with E-state index in [1.165, 1.54) is 22.3 Å². The molecule has 1 aliphatic heterocycles. The van der Waals surface area contributed by atoms with Gasteiger partial charge in [-0.15, -0.1) is 0 Å². The molecule has 0 unspecified atom stereocenters. The molecule has 8 aromatic carbocycles. The minimum Gasteiger partial charge on any atom is -0.310 e. The lowest BCUT2D eigenvalue weighted by atomic mass is 9.62. The van der Waals surface area contributed by atoms with Gasteiger partial charge in [0.25, 0.3) is 0 Å². The van der Waals surface area contributed by atoms with Crippen LogP contribution in [0.4, 0.5) is 17.1 Å². The summed E-state index contributed by atoms with van der Waals surface area (Å²) in [6, 6.07) is 80.3. The maximum atomic E-state index is 5.45. The lowest BCUT2D eigenvalue weighted by molar-refractivity contribution is 0.731. The standard InChI is InChI=1S/C52H37N3/c1-6-20-38(21-7-1)49-50(39-22-8-2-9-23-39)55(43-28-14-5-15-29-43)51(53-49)40-34-36-44(37-35-40)54-47-32-18-16-30-45(47)52(41-24-10-3-11-25-41,42-26-12-4-13-27-42)46-31-17-19-33-48(46)54/h1-37H. The predicted molar refractivity (Wildman–Crippen MR) is 226 cm³/mol. The fourth-order valence-electron chi connectivity index (χ4n) is 8.55. The number of hydrogen-bond acceptors (Lipinski definition) is 2. The van der Waals surface area contributed by atoms with Gasteiger partial charge < -0.3 is 4.90 Å². The highest BCUT2D eigenvalue weighted by Crippen LogP contribution is 2.57. The molecular weight excluding hydrogens is 667 g/mol. The molecule has 2 heterocycles. The second-order valence-electron chi connectivity index (χ2n) is 13.9. The molecule has 1 aliphatic rings. The number of imidazole rings is 1. The van der Waals surface area contributed by atoms with Gasteiger partial charge in [0.15, 0.2) is 0 Å². The average molecular weight is 704 g/mol. The Morgan fingerprint density at radius 2 is 0.782 bits per heavy atom. The molecule has 0 spiro atoms. The zero-order chi connectivity index (χ0) is 36.6. The third-order valence-corrected chi connectivity index (χ3v) is 10.9. The summed E-state index contributed by atoms with van der Waals surface area (Å²) >= 11 is 0. The smallest absolute Gasteiger partial charge is 0.145 e. The SMILES string of the molecule is c1ccc(-c2nc(-c3ccc(N4c5ccccc5C(c5ccccc5)(c5ccccc5)c5ccccc54)cc3)n(-c3ccccc3)c2-c2ccccc2)cc1. The highest BCUT2D eigenvalue weighted by molar-refractivity contribution is 5.90. The number of rotatable bonds is 7. The molecule has 3 nitrogen and oxygen atoms in total. The first kappa shape index (κ1) is 32.4. The quantitative estimate of drug-likeness (QED) is 0.165. The van der Waals surface area contributed by atoms with E-state index in [9.17, 15) is 0 Å². The summed E-state index contributed by atoms with van der Waals surface area (Å²) < 4.78 is 2.31. The molecule has 0 amide bonds. The molecule has 0 fully saturated rings. The van der Waals surface area contributed by atoms with Gasteiger partial charge in [-0.2, -0.15) is 0 Å². The summed E-state index contributed by atoms with van der Waals surface area (Å²) in [6.45, 7) is 0. The summed E-state index contributed by atoms with van der Waals surface area (Å²) in [5.74, 6) is 0.891. The van der Waals surface area contributed by atoms with Crippen LogP contribution >= 0.6 is 0 Å². The third kappa shape index (κ3) is 5.32.